The molecule has 3 atom stereocenters. The number of rotatable bonds is 5. The van der Waals surface area contributed by atoms with E-state index in [-0.39, 0.29) is 11.3 Å². The molecule has 0 radical (unpaired) electrons. The molecule has 0 unspecified atom stereocenters. The van der Waals surface area contributed by atoms with Crippen molar-refractivity contribution in [3.05, 3.63) is 5.82 Å². The van der Waals surface area contributed by atoms with Crippen LogP contribution in [-0.2, 0) is 4.79 Å². The van der Waals surface area contributed by atoms with Gasteiger partial charge in [0.05, 0.1) is 5.75 Å². The molecule has 2 bridgehead atoms. The second-order valence-electron chi connectivity index (χ2n) is 8.18. The molecule has 23 heavy (non-hydrogen) atoms. The maximum Gasteiger partial charge on any atom is 0.230 e. The molecule has 2 N–H and O–H groups in total. The maximum absolute atomic E-state index is 12.3. The minimum Gasteiger partial charge on any atom is -0.352 e. The predicted octanol–water partition coefficient (Wildman–Crippen LogP) is 3.35. The van der Waals surface area contributed by atoms with Crippen LogP contribution in [0.25, 0.3) is 0 Å². The first-order valence-corrected chi connectivity index (χ1v) is 9.57. The van der Waals surface area contributed by atoms with E-state index >= 15 is 0 Å². The number of nitrogens with zero attached hydrogens (tertiary/aromatic N) is 2. The number of amides is 1. The monoisotopic (exact) mass is 336 g/mol. The molecule has 2 aliphatic rings. The zero-order chi connectivity index (χ0) is 16.8. The zero-order valence-corrected chi connectivity index (χ0v) is 15.6. The molecule has 5 nitrogen and oxygen atoms in total. The van der Waals surface area contributed by atoms with Crippen LogP contribution in [0.5, 0.6) is 0 Å². The van der Waals surface area contributed by atoms with Crippen molar-refractivity contribution in [1.29, 1.82) is 0 Å². The Morgan fingerprint density at radius 1 is 1.43 bits per heavy atom. The Hall–Kier alpha value is -1.04. The first kappa shape index (κ1) is 16.8. The van der Waals surface area contributed by atoms with Crippen LogP contribution in [0.3, 0.4) is 0 Å². The number of aromatic nitrogens is 3. The van der Waals surface area contributed by atoms with Gasteiger partial charge < -0.3 is 5.32 Å². The lowest BCUT2D eigenvalue weighted by Gasteiger charge is -2.39. The highest BCUT2D eigenvalue weighted by molar-refractivity contribution is 7.99. The number of aromatic amines is 1. The minimum absolute atomic E-state index is 0.0977. The molecule has 0 aliphatic heterocycles. The van der Waals surface area contributed by atoms with Crippen molar-refractivity contribution in [3.63, 3.8) is 0 Å². The fourth-order valence-electron chi connectivity index (χ4n) is 4.37. The summed E-state index contributed by atoms with van der Waals surface area (Å²) < 4.78 is 0. The van der Waals surface area contributed by atoms with Crippen LogP contribution in [0.2, 0.25) is 0 Å². The molecule has 1 amide bonds. The van der Waals surface area contributed by atoms with Crippen molar-refractivity contribution < 1.29 is 4.79 Å². The van der Waals surface area contributed by atoms with Gasteiger partial charge in [0.2, 0.25) is 11.1 Å². The molecule has 3 rings (SSSR count). The second kappa shape index (κ2) is 5.80. The summed E-state index contributed by atoms with van der Waals surface area (Å²) in [5.41, 5.74) is 0.557. The van der Waals surface area contributed by atoms with Crippen LogP contribution in [0.4, 0.5) is 0 Å². The standard InChI is InChI=1S/C17H28N4OS/c1-10(2)14-19-15(21-20-14)23-9-13(22)18-12-8-11-6-7-17(12,5)16(11,3)4/h10-12H,6-9H2,1-5H3,(H,18,22)(H,19,20,21)/t11-,12+,17-/m1/s1. The van der Waals surface area contributed by atoms with Gasteiger partial charge in [0.15, 0.2) is 0 Å². The molecule has 1 aromatic rings. The number of thioether (sulfide) groups is 1. The Morgan fingerprint density at radius 2 is 2.17 bits per heavy atom. The quantitative estimate of drug-likeness (QED) is 0.809. The summed E-state index contributed by atoms with van der Waals surface area (Å²) in [5.74, 6) is 2.41. The average molecular weight is 337 g/mol. The Balaban J connectivity index is 1.54. The van der Waals surface area contributed by atoms with E-state index in [1.807, 2.05) is 0 Å². The largest absolute Gasteiger partial charge is 0.352 e. The number of carbonyl (C=O) groups is 1. The van der Waals surface area contributed by atoms with Crippen molar-refractivity contribution in [2.75, 3.05) is 5.75 Å². The average Bonchev–Trinajstić information content (AvgIpc) is 3.08. The molecule has 6 heteroatoms. The lowest BCUT2D eigenvalue weighted by molar-refractivity contribution is -0.120. The van der Waals surface area contributed by atoms with Crippen LogP contribution >= 0.6 is 11.8 Å². The number of fused-ring (bicyclic) bond motifs is 2. The second-order valence-corrected chi connectivity index (χ2v) is 9.12. The van der Waals surface area contributed by atoms with Gasteiger partial charge in [-0.05, 0) is 36.0 Å². The van der Waals surface area contributed by atoms with Crippen molar-refractivity contribution in [3.8, 4) is 0 Å². The molecule has 0 aromatic carbocycles. The van der Waals surface area contributed by atoms with Crippen LogP contribution in [0.15, 0.2) is 5.16 Å². The third-order valence-corrected chi connectivity index (χ3v) is 7.34. The van der Waals surface area contributed by atoms with Crippen molar-refractivity contribution >= 4 is 17.7 Å². The lowest BCUT2D eigenvalue weighted by Crippen LogP contribution is -2.47. The van der Waals surface area contributed by atoms with Gasteiger partial charge in [-0.1, -0.05) is 46.4 Å². The number of hydrogen-bond acceptors (Lipinski definition) is 4. The number of carbonyl (C=O) groups excluding carboxylic acids is 1. The molecule has 2 fully saturated rings. The summed E-state index contributed by atoms with van der Waals surface area (Å²) in [7, 11) is 0. The zero-order valence-electron chi connectivity index (χ0n) is 14.8. The van der Waals surface area contributed by atoms with Gasteiger partial charge in [0, 0.05) is 12.0 Å². The van der Waals surface area contributed by atoms with Gasteiger partial charge in [-0.3, -0.25) is 9.89 Å². The van der Waals surface area contributed by atoms with Crippen LogP contribution in [0.1, 0.15) is 65.6 Å². The normalized spacial score (nSPS) is 31.7. The van der Waals surface area contributed by atoms with E-state index in [0.717, 1.165) is 18.2 Å². The molecule has 1 aromatic heterocycles. The van der Waals surface area contributed by atoms with Gasteiger partial charge >= 0.3 is 0 Å². The van der Waals surface area contributed by atoms with Crippen molar-refractivity contribution in [1.82, 2.24) is 20.5 Å². The van der Waals surface area contributed by atoms with Crippen molar-refractivity contribution in [2.24, 2.45) is 16.7 Å². The topological polar surface area (TPSA) is 70.7 Å². The van der Waals surface area contributed by atoms with Gasteiger partial charge in [-0.2, -0.15) is 0 Å². The lowest BCUT2D eigenvalue weighted by atomic mass is 9.69. The molecule has 0 saturated heterocycles. The van der Waals surface area contributed by atoms with Gasteiger partial charge in [0.1, 0.15) is 5.82 Å². The van der Waals surface area contributed by atoms with Gasteiger partial charge in [0.25, 0.3) is 0 Å². The minimum atomic E-state index is 0.0977. The van der Waals surface area contributed by atoms with E-state index in [2.05, 4.69) is 55.1 Å². The summed E-state index contributed by atoms with van der Waals surface area (Å²) in [6, 6.07) is 0.308. The van der Waals surface area contributed by atoms with Crippen LogP contribution in [0, 0.1) is 16.7 Å². The van der Waals surface area contributed by atoms with Crippen LogP contribution < -0.4 is 5.32 Å². The highest BCUT2D eigenvalue weighted by Gasteiger charge is 2.61. The van der Waals surface area contributed by atoms with E-state index in [9.17, 15) is 4.79 Å². The summed E-state index contributed by atoms with van der Waals surface area (Å²) in [6.45, 7) is 11.2. The smallest absolute Gasteiger partial charge is 0.230 e. The van der Waals surface area contributed by atoms with E-state index in [4.69, 9.17) is 0 Å². The first-order valence-electron chi connectivity index (χ1n) is 8.58. The number of nitrogens with one attached hydrogen (secondary N) is 2. The Kier molecular flexibility index (Phi) is 4.23. The first-order chi connectivity index (χ1) is 10.7. The molecular formula is C17H28N4OS. The summed E-state index contributed by atoms with van der Waals surface area (Å²) in [5, 5.41) is 11.0. The molecular weight excluding hydrogens is 308 g/mol. The third-order valence-electron chi connectivity index (χ3n) is 6.49. The predicted molar refractivity (Wildman–Crippen MR) is 92.4 cm³/mol. The molecule has 2 saturated carbocycles. The van der Waals surface area contributed by atoms with Crippen molar-refractivity contribution in [2.45, 2.75) is 71.0 Å². The molecule has 0 spiro atoms. The molecule has 128 valence electrons. The SMILES string of the molecule is CC(C)c1nc(SCC(=O)N[C@H]2C[C@H]3CC[C@@]2(C)C3(C)C)n[nH]1. The number of hydrogen-bond donors (Lipinski definition) is 2. The van der Waals surface area contributed by atoms with Crippen LogP contribution in [-0.4, -0.2) is 32.9 Å². The summed E-state index contributed by atoms with van der Waals surface area (Å²) in [4.78, 5) is 16.7. The van der Waals surface area contributed by atoms with Gasteiger partial charge in [-0.15, -0.1) is 5.10 Å². The fourth-order valence-corrected chi connectivity index (χ4v) is 4.99. The van der Waals surface area contributed by atoms with E-state index in [0.29, 0.717) is 28.3 Å². The molecule has 1 heterocycles. The highest BCUT2D eigenvalue weighted by atomic mass is 32.2. The summed E-state index contributed by atoms with van der Waals surface area (Å²) in [6.07, 6.45) is 3.65. The Morgan fingerprint density at radius 3 is 2.70 bits per heavy atom. The Labute approximate surface area is 142 Å². The molecule has 2 aliphatic carbocycles. The maximum atomic E-state index is 12.3. The van der Waals surface area contributed by atoms with E-state index in [1.165, 1.54) is 24.6 Å². The fraction of sp³-hybridized carbons (Fsp3) is 0.824. The van der Waals surface area contributed by atoms with Gasteiger partial charge in [-0.25, -0.2) is 4.98 Å². The number of H-pyrrole nitrogens is 1. The Bertz CT molecular complexity index is 597. The van der Waals surface area contributed by atoms with E-state index < -0.39 is 0 Å². The third kappa shape index (κ3) is 2.79. The summed E-state index contributed by atoms with van der Waals surface area (Å²) >= 11 is 1.40. The highest BCUT2D eigenvalue weighted by Crippen LogP contribution is 2.65. The van der Waals surface area contributed by atoms with E-state index in [1.54, 1.807) is 0 Å².